The molecular formula is C14H25Cl2OSiZr. The third-order valence-corrected chi connectivity index (χ3v) is 10.7. The van der Waals surface area contributed by atoms with Gasteiger partial charge in [-0.1, -0.05) is 0 Å². The van der Waals surface area contributed by atoms with Gasteiger partial charge in [-0.15, -0.1) is 0 Å². The molecule has 0 atom stereocenters. The van der Waals surface area contributed by atoms with Gasteiger partial charge >= 0.3 is 123 Å². The van der Waals surface area contributed by atoms with Crippen molar-refractivity contribution in [1.29, 1.82) is 0 Å². The third kappa shape index (κ3) is 5.02. The second-order valence-corrected chi connectivity index (χ2v) is 12.9. The number of hydrogen-bond donors (Lipinski definition) is 0. The Balaban J connectivity index is 0. The quantitative estimate of drug-likeness (QED) is 0.534. The zero-order valence-electron chi connectivity index (χ0n) is 12.8. The van der Waals surface area contributed by atoms with E-state index in [1.54, 1.807) is 0 Å². The molecule has 0 saturated heterocycles. The summed E-state index contributed by atoms with van der Waals surface area (Å²) in [5, 5.41) is 0. The van der Waals surface area contributed by atoms with E-state index in [1.807, 2.05) is 0 Å². The van der Waals surface area contributed by atoms with Crippen LogP contribution in [0.3, 0.4) is 0 Å². The van der Waals surface area contributed by atoms with Crippen molar-refractivity contribution >= 4 is 8.32 Å². The van der Waals surface area contributed by atoms with Crippen molar-refractivity contribution in [3.63, 3.8) is 0 Å². The van der Waals surface area contributed by atoms with Crippen LogP contribution in [0.4, 0.5) is 0 Å². The van der Waals surface area contributed by atoms with Crippen LogP contribution >= 0.6 is 0 Å². The predicted molar refractivity (Wildman–Crippen MR) is 72.9 cm³/mol. The van der Waals surface area contributed by atoms with E-state index in [-0.39, 0.29) is 24.8 Å². The molecule has 19 heavy (non-hydrogen) atoms. The van der Waals surface area contributed by atoms with Gasteiger partial charge in [0, 0.05) is 0 Å². The van der Waals surface area contributed by atoms with Crippen LogP contribution in [0.2, 0.25) is 16.6 Å². The predicted octanol–water partition coefficient (Wildman–Crippen LogP) is -1.10. The molecule has 0 N–H and O–H groups in total. The molecule has 0 unspecified atom stereocenters. The topological polar surface area (TPSA) is 9.23 Å². The van der Waals surface area contributed by atoms with E-state index in [4.69, 9.17) is 4.43 Å². The van der Waals surface area contributed by atoms with E-state index in [9.17, 15) is 0 Å². The zero-order chi connectivity index (χ0) is 13.2. The fourth-order valence-corrected chi connectivity index (χ4v) is 8.99. The Morgan fingerprint density at radius 3 is 1.68 bits per heavy atom. The molecule has 1 aliphatic carbocycles. The van der Waals surface area contributed by atoms with Crippen LogP contribution in [0, 0.1) is 0 Å². The van der Waals surface area contributed by atoms with E-state index in [2.05, 4.69) is 53.7 Å². The van der Waals surface area contributed by atoms with Crippen LogP contribution < -0.4 is 24.8 Å². The second-order valence-electron chi connectivity index (χ2n) is 5.90. The molecule has 5 heteroatoms. The van der Waals surface area contributed by atoms with Crippen LogP contribution in [0.5, 0.6) is 0 Å². The Morgan fingerprint density at radius 1 is 1.00 bits per heavy atom. The largest absolute Gasteiger partial charge is 1.00 e. The standard InChI is InChI=1S/C14H25OSi.2ClH.Zr/c1-11(2)16(12(3)4,13(5)6)15-14-9-7-8-10-14;;;/h9-13H,7H2,1-6H3;2*1H;/q;;;+2/p-2. The number of allylic oxidation sites excluding steroid dienone is 3. The average molecular weight is 400 g/mol. The summed E-state index contributed by atoms with van der Waals surface area (Å²) >= 11 is 1.52. The number of rotatable bonds is 5. The minimum absolute atomic E-state index is 0. The first kappa shape index (κ1) is 22.2. The summed E-state index contributed by atoms with van der Waals surface area (Å²) in [6.07, 6.45) is 5.62. The van der Waals surface area contributed by atoms with Gasteiger partial charge in [-0.05, 0) is 0 Å². The van der Waals surface area contributed by atoms with Crippen molar-refractivity contribution in [3.05, 3.63) is 21.2 Å². The van der Waals surface area contributed by atoms with Gasteiger partial charge in [0.1, 0.15) is 0 Å². The maximum absolute atomic E-state index is 6.59. The molecule has 0 aromatic rings. The monoisotopic (exact) mass is 397 g/mol. The van der Waals surface area contributed by atoms with Crippen LogP contribution in [0.25, 0.3) is 0 Å². The summed E-state index contributed by atoms with van der Waals surface area (Å²) in [6.45, 7) is 14.0. The maximum Gasteiger partial charge on any atom is -1.00 e. The molecule has 0 spiro atoms. The fourth-order valence-electron chi connectivity index (χ4n) is 3.13. The first-order valence-corrected chi connectivity index (χ1v) is 9.99. The molecule has 0 amide bonds. The van der Waals surface area contributed by atoms with E-state index >= 15 is 0 Å². The van der Waals surface area contributed by atoms with Crippen molar-refractivity contribution in [2.45, 2.75) is 64.6 Å². The first-order chi connectivity index (χ1) is 7.80. The van der Waals surface area contributed by atoms with E-state index in [0.717, 1.165) is 12.2 Å². The van der Waals surface area contributed by atoms with Crippen molar-refractivity contribution in [3.8, 4) is 0 Å². The molecule has 0 saturated carbocycles. The molecule has 0 aromatic heterocycles. The normalized spacial score (nSPS) is 15.1. The smallest absolute Gasteiger partial charge is 1.00 e. The average Bonchev–Trinajstić information content (AvgIpc) is 2.58. The Bertz CT molecular complexity index is 317. The summed E-state index contributed by atoms with van der Waals surface area (Å²) in [5.41, 5.74) is 1.97. The minimum Gasteiger partial charge on any atom is -1.00 e. The van der Waals surface area contributed by atoms with Gasteiger partial charge in [0.05, 0.1) is 0 Å². The van der Waals surface area contributed by atoms with Gasteiger partial charge in [-0.2, -0.15) is 0 Å². The van der Waals surface area contributed by atoms with Crippen LogP contribution in [0.15, 0.2) is 21.2 Å². The van der Waals surface area contributed by atoms with Crippen LogP contribution in [-0.2, 0) is 29.1 Å². The van der Waals surface area contributed by atoms with E-state index in [0.29, 0.717) is 16.6 Å². The first-order valence-electron chi connectivity index (χ1n) is 6.62. The van der Waals surface area contributed by atoms with Gasteiger partial charge in [0.15, 0.2) is 0 Å². The van der Waals surface area contributed by atoms with E-state index in [1.165, 1.54) is 28.0 Å². The Labute approximate surface area is 147 Å². The summed E-state index contributed by atoms with van der Waals surface area (Å²) in [5.74, 6) is 1.15. The van der Waals surface area contributed by atoms with Gasteiger partial charge in [0.2, 0.25) is 0 Å². The molecule has 0 aliphatic heterocycles. The van der Waals surface area contributed by atoms with Gasteiger partial charge < -0.3 is 24.8 Å². The zero-order valence-corrected chi connectivity index (χ0v) is 17.7. The van der Waals surface area contributed by atoms with Gasteiger partial charge in [-0.25, -0.2) is 0 Å². The van der Waals surface area contributed by atoms with Gasteiger partial charge in [-0.3, -0.25) is 0 Å². The maximum atomic E-state index is 6.59. The molecule has 0 radical (unpaired) electrons. The van der Waals surface area contributed by atoms with Crippen LogP contribution in [-0.4, -0.2) is 8.32 Å². The molecule has 1 rings (SSSR count). The molecule has 0 heterocycles. The fraction of sp³-hybridized carbons (Fsp3) is 0.714. The summed E-state index contributed by atoms with van der Waals surface area (Å²) in [7, 11) is -1.73. The molecule has 1 nitrogen and oxygen atoms in total. The van der Waals surface area contributed by atoms with Crippen molar-refractivity contribution < 1.29 is 54.0 Å². The van der Waals surface area contributed by atoms with Crippen molar-refractivity contribution in [2.24, 2.45) is 0 Å². The second kappa shape index (κ2) is 9.07. The number of hydrogen-bond acceptors (Lipinski definition) is 1. The molecule has 0 aromatic carbocycles. The van der Waals surface area contributed by atoms with Crippen molar-refractivity contribution in [1.82, 2.24) is 0 Å². The SMILES string of the molecule is CC(C)[Si](OC1=CC[C]([Zr+2])=C1)(C(C)C)C(C)C.[Cl-].[Cl-]. The summed E-state index contributed by atoms with van der Waals surface area (Å²) in [4.78, 5) is 0. The molecule has 1 aliphatic rings. The van der Waals surface area contributed by atoms with E-state index < -0.39 is 8.32 Å². The molecule has 109 valence electrons. The third-order valence-electron chi connectivity index (χ3n) is 3.84. The van der Waals surface area contributed by atoms with Crippen LogP contribution in [0.1, 0.15) is 48.0 Å². The summed E-state index contributed by atoms with van der Waals surface area (Å²) in [6, 6.07) is 0. The minimum atomic E-state index is -1.73. The summed E-state index contributed by atoms with van der Waals surface area (Å²) < 4.78 is 8.10. The Morgan fingerprint density at radius 2 is 1.42 bits per heavy atom. The van der Waals surface area contributed by atoms with Gasteiger partial charge in [0.25, 0.3) is 0 Å². The Hall–Kier alpha value is 0.960. The molecule has 0 fully saturated rings. The number of halogens is 2. The molecule has 0 bridgehead atoms. The molecular weight excluding hydrogens is 374 g/mol. The Kier molecular flexibility index (Phi) is 10.6. The van der Waals surface area contributed by atoms with Crippen molar-refractivity contribution in [2.75, 3.05) is 0 Å².